The average molecular weight is 279 g/mol. The topological polar surface area (TPSA) is 95.9 Å². The second-order valence-corrected chi connectivity index (χ2v) is 4.11. The minimum absolute atomic E-state index is 0.143. The molecule has 1 aromatic carbocycles. The first-order chi connectivity index (χ1) is 9.47. The standard InChI is InChI=1S/C14H17NO5/c1-3-4-13(18)15-10(14(19)20-2)7-9-5-6-11(16)12(17)8-9/h3-6,8,10,16-17H,7H2,1-2H3,(H,15,18). The van der Waals surface area contributed by atoms with Crippen molar-refractivity contribution in [3.8, 4) is 11.5 Å². The number of hydrogen-bond acceptors (Lipinski definition) is 5. The molecular formula is C14H17NO5. The zero-order valence-electron chi connectivity index (χ0n) is 11.3. The van der Waals surface area contributed by atoms with Gasteiger partial charge in [-0.1, -0.05) is 12.1 Å². The highest BCUT2D eigenvalue weighted by atomic mass is 16.5. The summed E-state index contributed by atoms with van der Waals surface area (Å²) >= 11 is 0. The van der Waals surface area contributed by atoms with Crippen LogP contribution in [0.25, 0.3) is 0 Å². The van der Waals surface area contributed by atoms with Crippen molar-refractivity contribution in [1.29, 1.82) is 0 Å². The minimum atomic E-state index is -0.868. The van der Waals surface area contributed by atoms with Crippen molar-refractivity contribution in [3.05, 3.63) is 35.9 Å². The van der Waals surface area contributed by atoms with Gasteiger partial charge in [-0.25, -0.2) is 4.79 Å². The first-order valence-corrected chi connectivity index (χ1v) is 5.99. The van der Waals surface area contributed by atoms with Crippen LogP contribution in [0.3, 0.4) is 0 Å². The summed E-state index contributed by atoms with van der Waals surface area (Å²) in [5.41, 5.74) is 0.580. The molecule has 1 amide bonds. The fourth-order valence-electron chi connectivity index (χ4n) is 1.64. The molecule has 1 atom stereocenters. The van der Waals surface area contributed by atoms with Crippen LogP contribution in [0.5, 0.6) is 11.5 Å². The summed E-state index contributed by atoms with van der Waals surface area (Å²) in [6.45, 7) is 1.69. The fraction of sp³-hybridized carbons (Fsp3) is 0.286. The quantitative estimate of drug-likeness (QED) is 0.422. The summed E-state index contributed by atoms with van der Waals surface area (Å²) in [6, 6.07) is 3.32. The number of amides is 1. The molecule has 1 rings (SSSR count). The molecule has 0 radical (unpaired) electrons. The van der Waals surface area contributed by atoms with Crippen molar-refractivity contribution >= 4 is 11.9 Å². The number of phenolic OH excluding ortho intramolecular Hbond substituents is 2. The molecule has 1 aromatic rings. The molecule has 20 heavy (non-hydrogen) atoms. The van der Waals surface area contributed by atoms with Gasteiger partial charge < -0.3 is 20.3 Å². The van der Waals surface area contributed by atoms with Crippen LogP contribution in [-0.2, 0) is 20.7 Å². The maximum absolute atomic E-state index is 11.6. The van der Waals surface area contributed by atoms with E-state index in [0.717, 1.165) is 0 Å². The largest absolute Gasteiger partial charge is 0.504 e. The Morgan fingerprint density at radius 3 is 2.60 bits per heavy atom. The summed E-state index contributed by atoms with van der Waals surface area (Å²) in [5.74, 6) is -1.53. The second-order valence-electron chi connectivity index (χ2n) is 4.11. The summed E-state index contributed by atoms with van der Waals surface area (Å²) in [6.07, 6.45) is 2.99. The lowest BCUT2D eigenvalue weighted by atomic mass is 10.1. The highest BCUT2D eigenvalue weighted by Gasteiger charge is 2.21. The number of carbonyl (C=O) groups excluding carboxylic acids is 2. The van der Waals surface area contributed by atoms with E-state index in [1.54, 1.807) is 19.1 Å². The van der Waals surface area contributed by atoms with Crippen molar-refractivity contribution in [2.45, 2.75) is 19.4 Å². The highest BCUT2D eigenvalue weighted by Crippen LogP contribution is 2.25. The number of esters is 1. The zero-order valence-corrected chi connectivity index (χ0v) is 11.3. The molecule has 1 unspecified atom stereocenters. The van der Waals surface area contributed by atoms with Crippen LogP contribution in [0.4, 0.5) is 0 Å². The van der Waals surface area contributed by atoms with Crippen LogP contribution in [0.2, 0.25) is 0 Å². The van der Waals surface area contributed by atoms with E-state index in [1.165, 1.54) is 25.3 Å². The Labute approximate surface area is 116 Å². The molecule has 0 fully saturated rings. The molecule has 6 nitrogen and oxygen atoms in total. The van der Waals surface area contributed by atoms with Crippen molar-refractivity contribution in [2.75, 3.05) is 7.11 Å². The van der Waals surface area contributed by atoms with Gasteiger partial charge in [-0.15, -0.1) is 0 Å². The summed E-state index contributed by atoms with van der Waals surface area (Å²) in [4.78, 5) is 23.1. The fourth-order valence-corrected chi connectivity index (χ4v) is 1.64. The summed E-state index contributed by atoms with van der Waals surface area (Å²) in [5, 5.41) is 21.1. The van der Waals surface area contributed by atoms with E-state index in [2.05, 4.69) is 10.1 Å². The van der Waals surface area contributed by atoms with E-state index in [-0.39, 0.29) is 17.9 Å². The normalized spacial score (nSPS) is 12.1. The lowest BCUT2D eigenvalue weighted by Crippen LogP contribution is -2.42. The Morgan fingerprint density at radius 1 is 1.35 bits per heavy atom. The number of rotatable bonds is 5. The predicted molar refractivity (Wildman–Crippen MR) is 72.2 cm³/mol. The van der Waals surface area contributed by atoms with Gasteiger partial charge in [0.1, 0.15) is 6.04 Å². The van der Waals surface area contributed by atoms with Gasteiger partial charge >= 0.3 is 5.97 Å². The first kappa shape index (κ1) is 15.6. The SMILES string of the molecule is CC=CC(=O)NC(Cc1ccc(O)c(O)c1)C(=O)OC. The molecule has 6 heteroatoms. The summed E-state index contributed by atoms with van der Waals surface area (Å²) < 4.78 is 4.63. The Balaban J connectivity index is 2.86. The number of benzene rings is 1. The van der Waals surface area contributed by atoms with Gasteiger partial charge in [0.25, 0.3) is 0 Å². The van der Waals surface area contributed by atoms with Gasteiger partial charge in [0.2, 0.25) is 5.91 Å². The van der Waals surface area contributed by atoms with Crippen molar-refractivity contribution in [3.63, 3.8) is 0 Å². The molecular weight excluding hydrogens is 262 g/mol. The molecule has 0 aliphatic rings. The van der Waals surface area contributed by atoms with Crippen LogP contribution >= 0.6 is 0 Å². The molecule has 0 aliphatic carbocycles. The van der Waals surface area contributed by atoms with Gasteiger partial charge in [-0.2, -0.15) is 0 Å². The first-order valence-electron chi connectivity index (χ1n) is 5.99. The Morgan fingerprint density at radius 2 is 2.05 bits per heavy atom. The lowest BCUT2D eigenvalue weighted by Gasteiger charge is -2.15. The molecule has 0 aromatic heterocycles. The molecule has 0 bridgehead atoms. The van der Waals surface area contributed by atoms with Crippen molar-refractivity contribution < 1.29 is 24.5 Å². The van der Waals surface area contributed by atoms with Gasteiger partial charge in [0, 0.05) is 6.42 Å². The number of nitrogens with one attached hydrogen (secondary N) is 1. The van der Waals surface area contributed by atoms with Crippen LogP contribution in [0.1, 0.15) is 12.5 Å². The number of methoxy groups -OCH3 is 1. The van der Waals surface area contributed by atoms with Crippen LogP contribution in [-0.4, -0.2) is 35.2 Å². The molecule has 0 spiro atoms. The van der Waals surface area contributed by atoms with Crippen LogP contribution in [0.15, 0.2) is 30.4 Å². The number of carbonyl (C=O) groups is 2. The van der Waals surface area contributed by atoms with E-state index in [0.29, 0.717) is 5.56 Å². The average Bonchev–Trinajstić information content (AvgIpc) is 2.41. The zero-order chi connectivity index (χ0) is 15.1. The maximum atomic E-state index is 11.6. The van der Waals surface area contributed by atoms with E-state index in [1.807, 2.05) is 0 Å². The third kappa shape index (κ3) is 4.31. The lowest BCUT2D eigenvalue weighted by molar-refractivity contribution is -0.144. The van der Waals surface area contributed by atoms with Crippen molar-refractivity contribution in [1.82, 2.24) is 5.32 Å². The third-order valence-electron chi connectivity index (χ3n) is 2.60. The number of aromatic hydroxyl groups is 2. The number of phenols is 2. The van der Waals surface area contributed by atoms with E-state index in [4.69, 9.17) is 0 Å². The van der Waals surface area contributed by atoms with Crippen LogP contribution in [0, 0.1) is 0 Å². The van der Waals surface area contributed by atoms with E-state index >= 15 is 0 Å². The smallest absolute Gasteiger partial charge is 0.328 e. The number of ether oxygens (including phenoxy) is 1. The van der Waals surface area contributed by atoms with E-state index < -0.39 is 17.9 Å². The monoisotopic (exact) mass is 279 g/mol. The number of hydrogen-bond donors (Lipinski definition) is 3. The van der Waals surface area contributed by atoms with Gasteiger partial charge in [-0.05, 0) is 30.7 Å². The van der Waals surface area contributed by atoms with Crippen molar-refractivity contribution in [2.24, 2.45) is 0 Å². The minimum Gasteiger partial charge on any atom is -0.504 e. The number of allylic oxidation sites excluding steroid dienone is 1. The Bertz CT molecular complexity index is 524. The maximum Gasteiger partial charge on any atom is 0.328 e. The highest BCUT2D eigenvalue weighted by molar-refractivity contribution is 5.91. The van der Waals surface area contributed by atoms with Crippen LogP contribution < -0.4 is 5.32 Å². The second kappa shape index (κ2) is 7.18. The molecule has 0 aliphatic heterocycles. The van der Waals surface area contributed by atoms with E-state index in [9.17, 15) is 19.8 Å². The summed E-state index contributed by atoms with van der Waals surface area (Å²) in [7, 11) is 1.23. The third-order valence-corrected chi connectivity index (χ3v) is 2.60. The molecule has 108 valence electrons. The molecule has 0 heterocycles. The van der Waals surface area contributed by atoms with Gasteiger partial charge in [-0.3, -0.25) is 4.79 Å². The predicted octanol–water partition coefficient (Wildman–Crippen LogP) is 0.874. The van der Waals surface area contributed by atoms with Gasteiger partial charge in [0.15, 0.2) is 11.5 Å². The molecule has 0 saturated heterocycles. The molecule has 3 N–H and O–H groups in total. The Hall–Kier alpha value is -2.50. The van der Waals surface area contributed by atoms with Gasteiger partial charge in [0.05, 0.1) is 7.11 Å². The Kier molecular flexibility index (Phi) is 5.58. The molecule has 0 saturated carbocycles.